The van der Waals surface area contributed by atoms with Crippen LogP contribution in [0.4, 0.5) is 28.4 Å². The van der Waals surface area contributed by atoms with Crippen molar-refractivity contribution in [2.75, 3.05) is 20.0 Å². The van der Waals surface area contributed by atoms with Crippen LogP contribution in [0.1, 0.15) is 0 Å². The average Bonchev–Trinajstić information content (AvgIpc) is 2.81. The maximum atomic E-state index is 11.9. The fraction of sp³-hybridized carbons (Fsp3) is 0.100. The second kappa shape index (κ2) is 10.1. The first-order valence-corrected chi connectivity index (χ1v) is 12.3. The maximum Gasteiger partial charge on any atom is 0.296 e. The zero-order valence-electron chi connectivity index (χ0n) is 18.2. The minimum absolute atomic E-state index is 0.0437. The molecule has 3 aromatic rings. The summed E-state index contributed by atoms with van der Waals surface area (Å²) in [6.45, 7) is 0. The van der Waals surface area contributed by atoms with E-state index in [4.69, 9.17) is 19.8 Å². The number of nitrogens with zero attached hydrogens (tertiary/aromatic N) is 4. The lowest BCUT2D eigenvalue weighted by Crippen LogP contribution is -1.98. The van der Waals surface area contributed by atoms with E-state index in [1.54, 1.807) is 0 Å². The molecular formula is C20H19N5O8S2. The Morgan fingerprint density at radius 2 is 1.26 bits per heavy atom. The molecule has 0 atom stereocenters. The topological polar surface area (TPSA) is 203 Å². The summed E-state index contributed by atoms with van der Waals surface area (Å²) in [7, 11) is -6.29. The van der Waals surface area contributed by atoms with E-state index < -0.39 is 25.1 Å². The van der Waals surface area contributed by atoms with E-state index >= 15 is 0 Å². The van der Waals surface area contributed by atoms with Gasteiger partial charge in [-0.25, -0.2) is 0 Å². The molecule has 3 rings (SSSR count). The molecule has 0 heterocycles. The minimum Gasteiger partial charge on any atom is -0.495 e. The number of nitrogen functional groups attached to an aromatic ring is 1. The Labute approximate surface area is 200 Å². The molecule has 0 saturated heterocycles. The quantitative estimate of drug-likeness (QED) is 0.215. The molecule has 0 aliphatic rings. The molecule has 0 aliphatic carbocycles. The van der Waals surface area contributed by atoms with Crippen molar-refractivity contribution in [1.29, 1.82) is 0 Å². The van der Waals surface area contributed by atoms with Crippen molar-refractivity contribution >= 4 is 48.7 Å². The third kappa shape index (κ3) is 6.36. The van der Waals surface area contributed by atoms with Crippen molar-refractivity contribution in [3.05, 3.63) is 54.6 Å². The third-order valence-corrected chi connectivity index (χ3v) is 6.18. The van der Waals surface area contributed by atoms with Gasteiger partial charge >= 0.3 is 0 Å². The van der Waals surface area contributed by atoms with Gasteiger partial charge in [0.1, 0.15) is 27.8 Å². The molecule has 184 valence electrons. The summed E-state index contributed by atoms with van der Waals surface area (Å²) in [6, 6.07) is 11.4. The molecule has 0 aromatic heterocycles. The fourth-order valence-electron chi connectivity index (χ4n) is 2.75. The molecule has 0 fully saturated rings. The Morgan fingerprint density at radius 1 is 0.686 bits per heavy atom. The highest BCUT2D eigenvalue weighted by molar-refractivity contribution is 7.86. The van der Waals surface area contributed by atoms with Gasteiger partial charge in [0.05, 0.1) is 36.2 Å². The van der Waals surface area contributed by atoms with E-state index in [0.29, 0.717) is 11.4 Å². The molecule has 0 amide bonds. The molecule has 3 aromatic carbocycles. The third-order valence-electron chi connectivity index (χ3n) is 4.43. The van der Waals surface area contributed by atoms with Gasteiger partial charge < -0.3 is 15.2 Å². The molecule has 0 radical (unpaired) electrons. The van der Waals surface area contributed by atoms with Crippen LogP contribution in [-0.2, 0) is 20.2 Å². The maximum absolute atomic E-state index is 11.9. The van der Waals surface area contributed by atoms with Crippen LogP contribution in [0, 0.1) is 0 Å². The van der Waals surface area contributed by atoms with Gasteiger partial charge in [-0.05, 0) is 42.5 Å². The number of anilines is 1. The number of ether oxygens (including phenoxy) is 2. The summed E-state index contributed by atoms with van der Waals surface area (Å²) in [5.41, 5.74) is 6.39. The minimum atomic E-state index is -4.73. The summed E-state index contributed by atoms with van der Waals surface area (Å²) in [6.07, 6.45) is 0. The second-order valence-corrected chi connectivity index (χ2v) is 9.57. The van der Waals surface area contributed by atoms with Crippen LogP contribution in [0.2, 0.25) is 0 Å². The van der Waals surface area contributed by atoms with Gasteiger partial charge in [0.15, 0.2) is 0 Å². The van der Waals surface area contributed by atoms with Crippen molar-refractivity contribution < 1.29 is 35.4 Å². The van der Waals surface area contributed by atoms with Crippen LogP contribution in [0.25, 0.3) is 0 Å². The first kappa shape index (κ1) is 25.7. The van der Waals surface area contributed by atoms with Gasteiger partial charge in [-0.15, -0.1) is 10.2 Å². The molecule has 0 spiro atoms. The fourth-order valence-corrected chi connectivity index (χ4v) is 3.87. The first-order valence-electron chi connectivity index (χ1n) is 9.46. The normalized spacial score (nSPS) is 12.3. The molecule has 0 saturated carbocycles. The summed E-state index contributed by atoms with van der Waals surface area (Å²) in [5.74, 6) is 0.557. The van der Waals surface area contributed by atoms with Gasteiger partial charge in [-0.2, -0.15) is 27.1 Å². The van der Waals surface area contributed by atoms with Crippen molar-refractivity contribution in [1.82, 2.24) is 0 Å². The van der Waals surface area contributed by atoms with E-state index in [1.165, 1.54) is 50.6 Å². The van der Waals surface area contributed by atoms with Crippen LogP contribution in [0.3, 0.4) is 0 Å². The molecule has 13 nitrogen and oxygen atoms in total. The van der Waals surface area contributed by atoms with Gasteiger partial charge in [0.25, 0.3) is 20.2 Å². The predicted molar refractivity (Wildman–Crippen MR) is 125 cm³/mol. The standard InChI is InChI=1S/C20H19N5O8S2/c1-32-18-11-17(19(33-2)10-15(18)21)25-24-16-8-5-13(9-20(16)35(29,30)31)23-22-12-3-6-14(7-4-12)34(26,27)28/h3-11H,21H2,1-2H3,(H,26,27,28)(H,29,30,31). The lowest BCUT2D eigenvalue weighted by molar-refractivity contribution is 0.406. The second-order valence-electron chi connectivity index (χ2n) is 6.76. The summed E-state index contributed by atoms with van der Waals surface area (Å²) in [4.78, 5) is -0.907. The number of methoxy groups -OCH3 is 2. The lowest BCUT2D eigenvalue weighted by Gasteiger charge is -2.09. The van der Waals surface area contributed by atoms with Gasteiger partial charge in [-0.1, -0.05) is 0 Å². The zero-order chi connectivity index (χ0) is 25.8. The number of nitrogens with two attached hydrogens (primary N) is 1. The smallest absolute Gasteiger partial charge is 0.296 e. The van der Waals surface area contributed by atoms with E-state index in [-0.39, 0.29) is 33.4 Å². The molecule has 35 heavy (non-hydrogen) atoms. The summed E-state index contributed by atoms with van der Waals surface area (Å²) < 4.78 is 75.1. The van der Waals surface area contributed by atoms with Gasteiger partial charge in [0, 0.05) is 12.1 Å². The molecule has 4 N–H and O–H groups in total. The highest BCUT2D eigenvalue weighted by Crippen LogP contribution is 2.38. The number of benzene rings is 3. The van der Waals surface area contributed by atoms with Crippen molar-refractivity contribution in [2.24, 2.45) is 20.5 Å². The number of azo groups is 2. The Balaban J connectivity index is 1.95. The monoisotopic (exact) mass is 521 g/mol. The average molecular weight is 522 g/mol. The lowest BCUT2D eigenvalue weighted by atomic mass is 10.2. The Kier molecular flexibility index (Phi) is 7.45. The summed E-state index contributed by atoms with van der Waals surface area (Å²) in [5, 5.41) is 15.6. The zero-order valence-corrected chi connectivity index (χ0v) is 19.9. The SMILES string of the molecule is COc1cc(N=Nc2ccc(N=Nc3ccc(S(=O)(=O)O)cc3)cc2S(=O)(=O)O)c(OC)cc1N. The van der Waals surface area contributed by atoms with Crippen LogP contribution in [-0.4, -0.2) is 40.2 Å². The van der Waals surface area contributed by atoms with Crippen LogP contribution in [0.5, 0.6) is 11.5 Å². The highest BCUT2D eigenvalue weighted by atomic mass is 32.2. The Morgan fingerprint density at radius 3 is 1.83 bits per heavy atom. The molecule has 0 bridgehead atoms. The number of hydrogen-bond donors (Lipinski definition) is 3. The van der Waals surface area contributed by atoms with E-state index in [0.717, 1.165) is 18.2 Å². The number of rotatable bonds is 8. The van der Waals surface area contributed by atoms with Crippen LogP contribution < -0.4 is 15.2 Å². The van der Waals surface area contributed by atoms with Crippen molar-refractivity contribution in [3.8, 4) is 11.5 Å². The van der Waals surface area contributed by atoms with Gasteiger partial charge in [0.2, 0.25) is 0 Å². The Hall–Kier alpha value is -3.92. The van der Waals surface area contributed by atoms with Gasteiger partial charge in [-0.3, -0.25) is 9.11 Å². The first-order chi connectivity index (χ1) is 16.4. The highest BCUT2D eigenvalue weighted by Gasteiger charge is 2.17. The molecular weight excluding hydrogens is 502 g/mol. The molecule has 0 unspecified atom stereocenters. The van der Waals surface area contributed by atoms with Crippen molar-refractivity contribution in [2.45, 2.75) is 9.79 Å². The van der Waals surface area contributed by atoms with Crippen LogP contribution >= 0.6 is 0 Å². The van der Waals surface area contributed by atoms with E-state index in [1.807, 2.05) is 0 Å². The predicted octanol–water partition coefficient (Wildman–Crippen LogP) is 4.61. The van der Waals surface area contributed by atoms with Crippen LogP contribution in [0.15, 0.2) is 84.8 Å². The summed E-state index contributed by atoms with van der Waals surface area (Å²) >= 11 is 0. The van der Waals surface area contributed by atoms with E-state index in [2.05, 4.69) is 20.5 Å². The molecule has 15 heteroatoms. The largest absolute Gasteiger partial charge is 0.495 e. The molecule has 0 aliphatic heterocycles. The van der Waals surface area contributed by atoms with Crippen molar-refractivity contribution in [3.63, 3.8) is 0 Å². The van der Waals surface area contributed by atoms with E-state index in [9.17, 15) is 21.4 Å². The Bertz CT molecular complexity index is 1520. The number of hydrogen-bond acceptors (Lipinski definition) is 11.